The van der Waals surface area contributed by atoms with Crippen LogP contribution in [0.25, 0.3) is 0 Å². The van der Waals surface area contributed by atoms with E-state index in [0.29, 0.717) is 31.7 Å². The Morgan fingerprint density at radius 3 is 2.67 bits per heavy atom. The fourth-order valence-electron chi connectivity index (χ4n) is 2.94. The van der Waals surface area contributed by atoms with Crippen molar-refractivity contribution in [3.8, 4) is 0 Å². The number of amides is 2. The van der Waals surface area contributed by atoms with E-state index >= 15 is 0 Å². The number of aromatic nitrogens is 2. The van der Waals surface area contributed by atoms with E-state index < -0.39 is 0 Å². The lowest BCUT2D eigenvalue weighted by molar-refractivity contribution is -0.906. The minimum absolute atomic E-state index is 0.0213. The lowest BCUT2D eigenvalue weighted by atomic mass is 10.2. The average Bonchev–Trinajstić information content (AvgIpc) is 2.69. The third-order valence-corrected chi connectivity index (χ3v) is 4.68. The number of nitrogens with one attached hydrogen (secondary N) is 2. The highest BCUT2D eigenvalue weighted by atomic mass is 16.5. The van der Waals surface area contributed by atoms with Crippen LogP contribution >= 0.6 is 0 Å². The van der Waals surface area contributed by atoms with Crippen LogP contribution in [0.1, 0.15) is 42.4 Å². The summed E-state index contributed by atoms with van der Waals surface area (Å²) in [6.07, 6.45) is 5.27. The summed E-state index contributed by atoms with van der Waals surface area (Å²) in [4.78, 5) is 36.3. The Kier molecular flexibility index (Phi) is 9.13. The molecule has 1 saturated heterocycles. The molecule has 0 spiro atoms. The Labute approximate surface area is 161 Å². The second-order valence-electron chi connectivity index (χ2n) is 6.90. The van der Waals surface area contributed by atoms with Crippen LogP contribution in [0, 0.1) is 6.92 Å². The van der Waals surface area contributed by atoms with Crippen molar-refractivity contribution in [2.75, 3.05) is 52.5 Å². The van der Waals surface area contributed by atoms with Gasteiger partial charge in [0.2, 0.25) is 5.91 Å². The average molecular weight is 378 g/mol. The zero-order chi connectivity index (χ0) is 19.5. The zero-order valence-corrected chi connectivity index (χ0v) is 16.5. The molecular weight excluding hydrogens is 346 g/mol. The molecule has 1 fully saturated rings. The molecule has 2 heterocycles. The first kappa shape index (κ1) is 21.2. The van der Waals surface area contributed by atoms with Gasteiger partial charge in [-0.2, -0.15) is 0 Å². The minimum Gasteiger partial charge on any atom is -0.370 e. The van der Waals surface area contributed by atoms with Crippen LogP contribution < -0.4 is 10.2 Å². The number of carbonyl (C=O) groups excluding carboxylic acids is 2. The molecule has 1 aromatic rings. The number of carbonyl (C=O) groups is 2. The van der Waals surface area contributed by atoms with Gasteiger partial charge in [-0.05, 0) is 13.3 Å². The SMILES string of the molecule is CCCCN(CCC(=O)NCC[NH+]1CCOCC1)C(=O)c1cnc(C)cn1. The second kappa shape index (κ2) is 11.6. The van der Waals surface area contributed by atoms with Crippen LogP contribution in [-0.4, -0.2) is 79.2 Å². The largest absolute Gasteiger partial charge is 0.370 e. The number of hydrogen-bond acceptors (Lipinski definition) is 5. The van der Waals surface area contributed by atoms with E-state index in [1.54, 1.807) is 11.1 Å². The van der Waals surface area contributed by atoms with Gasteiger partial charge in [-0.15, -0.1) is 0 Å². The highest BCUT2D eigenvalue weighted by Gasteiger charge is 2.18. The molecule has 0 bridgehead atoms. The number of ether oxygens (including phenoxy) is 1. The number of rotatable bonds is 10. The monoisotopic (exact) mass is 378 g/mol. The topological polar surface area (TPSA) is 88.9 Å². The van der Waals surface area contributed by atoms with Crippen molar-refractivity contribution in [3.63, 3.8) is 0 Å². The van der Waals surface area contributed by atoms with Gasteiger partial charge >= 0.3 is 0 Å². The first-order chi connectivity index (χ1) is 13.1. The van der Waals surface area contributed by atoms with Gasteiger partial charge in [-0.25, -0.2) is 4.98 Å². The number of morpholine rings is 1. The van der Waals surface area contributed by atoms with Crippen LogP contribution in [0.3, 0.4) is 0 Å². The fraction of sp³-hybridized carbons (Fsp3) is 0.684. The zero-order valence-electron chi connectivity index (χ0n) is 16.5. The maximum Gasteiger partial charge on any atom is 0.274 e. The van der Waals surface area contributed by atoms with Gasteiger partial charge in [-0.1, -0.05) is 13.3 Å². The van der Waals surface area contributed by atoms with Crippen LogP contribution in [0.5, 0.6) is 0 Å². The Morgan fingerprint density at radius 2 is 2.00 bits per heavy atom. The number of nitrogens with zero attached hydrogens (tertiary/aromatic N) is 3. The summed E-state index contributed by atoms with van der Waals surface area (Å²) in [5, 5.41) is 2.96. The van der Waals surface area contributed by atoms with Gasteiger partial charge < -0.3 is 19.9 Å². The Morgan fingerprint density at radius 1 is 1.22 bits per heavy atom. The van der Waals surface area contributed by atoms with Crippen LogP contribution in [0.4, 0.5) is 0 Å². The lowest BCUT2D eigenvalue weighted by Crippen LogP contribution is -3.14. The summed E-state index contributed by atoms with van der Waals surface area (Å²) >= 11 is 0. The molecule has 2 rings (SSSR count). The second-order valence-corrected chi connectivity index (χ2v) is 6.90. The highest BCUT2D eigenvalue weighted by Crippen LogP contribution is 2.05. The van der Waals surface area contributed by atoms with Gasteiger partial charge in [0.1, 0.15) is 18.8 Å². The smallest absolute Gasteiger partial charge is 0.274 e. The number of aryl methyl sites for hydroxylation is 1. The summed E-state index contributed by atoms with van der Waals surface area (Å²) in [7, 11) is 0. The third-order valence-electron chi connectivity index (χ3n) is 4.68. The van der Waals surface area contributed by atoms with Gasteiger partial charge in [-0.3, -0.25) is 14.6 Å². The first-order valence-electron chi connectivity index (χ1n) is 9.86. The van der Waals surface area contributed by atoms with Gasteiger partial charge in [0.15, 0.2) is 0 Å². The minimum atomic E-state index is -0.165. The Hall–Kier alpha value is -2.06. The number of unbranched alkanes of at least 4 members (excludes halogenated alkanes) is 1. The van der Waals surface area contributed by atoms with E-state index in [0.717, 1.165) is 51.4 Å². The Balaban J connectivity index is 1.77. The molecule has 0 atom stereocenters. The van der Waals surface area contributed by atoms with Gasteiger partial charge in [0.25, 0.3) is 5.91 Å². The molecule has 0 radical (unpaired) electrons. The van der Waals surface area contributed by atoms with Crippen molar-refractivity contribution in [2.45, 2.75) is 33.1 Å². The molecule has 0 unspecified atom stereocenters. The molecule has 2 N–H and O–H groups in total. The molecule has 0 saturated carbocycles. The maximum absolute atomic E-state index is 12.7. The molecule has 1 aromatic heterocycles. The Bertz CT molecular complexity index is 588. The predicted molar refractivity (Wildman–Crippen MR) is 102 cm³/mol. The normalized spacial score (nSPS) is 14.7. The van der Waals surface area contributed by atoms with Crippen molar-refractivity contribution in [1.29, 1.82) is 0 Å². The third kappa shape index (κ3) is 7.60. The molecule has 1 aliphatic heterocycles. The van der Waals surface area contributed by atoms with Crippen LogP contribution in [-0.2, 0) is 9.53 Å². The molecule has 8 nitrogen and oxygen atoms in total. The molecular formula is C19H32N5O3+. The predicted octanol–water partition coefficient (Wildman–Crippen LogP) is -0.551. The lowest BCUT2D eigenvalue weighted by Gasteiger charge is -2.24. The highest BCUT2D eigenvalue weighted by molar-refractivity contribution is 5.92. The molecule has 1 aliphatic rings. The van der Waals surface area contributed by atoms with Gasteiger partial charge in [0, 0.05) is 25.7 Å². The summed E-state index contributed by atoms with van der Waals surface area (Å²) in [5.41, 5.74) is 1.10. The number of quaternary nitrogens is 1. The number of hydrogen-bond donors (Lipinski definition) is 2. The molecule has 0 aromatic carbocycles. The van der Waals surface area contributed by atoms with E-state index in [1.165, 1.54) is 11.1 Å². The van der Waals surface area contributed by atoms with Crippen molar-refractivity contribution in [2.24, 2.45) is 0 Å². The van der Waals surface area contributed by atoms with E-state index in [-0.39, 0.29) is 11.8 Å². The summed E-state index contributed by atoms with van der Waals surface area (Å²) in [6.45, 7) is 10.1. The van der Waals surface area contributed by atoms with E-state index in [2.05, 4.69) is 22.2 Å². The van der Waals surface area contributed by atoms with Crippen LogP contribution in [0.2, 0.25) is 0 Å². The maximum atomic E-state index is 12.7. The fourth-order valence-corrected chi connectivity index (χ4v) is 2.94. The van der Waals surface area contributed by atoms with E-state index in [9.17, 15) is 9.59 Å². The molecule has 8 heteroatoms. The van der Waals surface area contributed by atoms with Gasteiger partial charge in [0.05, 0.1) is 38.2 Å². The van der Waals surface area contributed by atoms with Crippen molar-refractivity contribution < 1.29 is 19.2 Å². The van der Waals surface area contributed by atoms with Crippen molar-refractivity contribution >= 4 is 11.8 Å². The van der Waals surface area contributed by atoms with E-state index in [1.807, 2.05) is 6.92 Å². The van der Waals surface area contributed by atoms with Crippen molar-refractivity contribution in [1.82, 2.24) is 20.2 Å². The first-order valence-corrected chi connectivity index (χ1v) is 9.86. The quantitative estimate of drug-likeness (QED) is 0.570. The molecule has 27 heavy (non-hydrogen) atoms. The summed E-state index contributed by atoms with van der Waals surface area (Å²) in [5.74, 6) is -0.187. The molecule has 0 aliphatic carbocycles. The van der Waals surface area contributed by atoms with E-state index in [4.69, 9.17) is 4.74 Å². The van der Waals surface area contributed by atoms with Crippen molar-refractivity contribution in [3.05, 3.63) is 23.8 Å². The summed E-state index contributed by atoms with van der Waals surface area (Å²) < 4.78 is 5.33. The van der Waals surface area contributed by atoms with Crippen LogP contribution in [0.15, 0.2) is 12.4 Å². The molecule has 2 amide bonds. The summed E-state index contributed by atoms with van der Waals surface area (Å²) in [6, 6.07) is 0. The molecule has 150 valence electrons. The standard InChI is InChI=1S/C19H31N5O3/c1-3-4-7-24(19(26)17-15-21-16(2)14-22-17)8-5-18(25)20-6-9-23-10-12-27-13-11-23/h14-15H,3-13H2,1-2H3,(H,20,25)/p+1.